The lowest BCUT2D eigenvalue weighted by Gasteiger charge is -2.69. The van der Waals surface area contributed by atoms with Crippen LogP contribution in [0.15, 0.2) is 24.4 Å². The van der Waals surface area contributed by atoms with Crippen molar-refractivity contribution >= 4 is 17.5 Å². The van der Waals surface area contributed by atoms with Crippen LogP contribution in [0.5, 0.6) is 5.75 Å². The van der Waals surface area contributed by atoms with Gasteiger partial charge >= 0.3 is 6.36 Å². The standard InChI is InChI=1S/C20H19ClF4N4O3/c21-14-2-1-12(5-15(14)22)31-7-17(30)27-19-8-18(9-19,10-19)16-6-26-29(28-16)11-3-13(4-11)32-20(23,24)25/h1-2,5-6,11,13H,3-4,7-10H2,(H,27,30)/t11-,13+,18?,19?. The van der Waals surface area contributed by atoms with E-state index in [1.165, 1.54) is 16.9 Å². The molecule has 4 aliphatic carbocycles. The lowest BCUT2D eigenvalue weighted by Crippen LogP contribution is -2.77. The quantitative estimate of drug-likeness (QED) is 0.619. The van der Waals surface area contributed by atoms with Crippen molar-refractivity contribution in [3.63, 3.8) is 0 Å². The number of benzene rings is 1. The molecule has 12 heteroatoms. The van der Waals surface area contributed by atoms with Gasteiger partial charge in [0.05, 0.1) is 29.1 Å². The van der Waals surface area contributed by atoms with E-state index in [2.05, 4.69) is 20.3 Å². The van der Waals surface area contributed by atoms with E-state index in [-0.39, 0.29) is 53.1 Å². The topological polar surface area (TPSA) is 78.3 Å². The Balaban J connectivity index is 1.08. The Hall–Kier alpha value is -2.40. The van der Waals surface area contributed by atoms with Crippen molar-refractivity contribution in [2.75, 3.05) is 6.61 Å². The highest BCUT2D eigenvalue weighted by atomic mass is 35.5. The number of hydrogen-bond donors (Lipinski definition) is 1. The number of ether oxygens (including phenoxy) is 2. The van der Waals surface area contributed by atoms with Gasteiger partial charge in [-0.25, -0.2) is 4.39 Å². The fourth-order valence-electron chi connectivity index (χ4n) is 4.95. The Bertz CT molecular complexity index is 1030. The average Bonchev–Trinajstić information content (AvgIpc) is 3.09. The smallest absolute Gasteiger partial charge is 0.484 e. The van der Waals surface area contributed by atoms with Crippen molar-refractivity contribution in [1.29, 1.82) is 0 Å². The van der Waals surface area contributed by atoms with Crippen LogP contribution in [0, 0.1) is 5.82 Å². The average molecular weight is 475 g/mol. The van der Waals surface area contributed by atoms with Crippen LogP contribution in [0.2, 0.25) is 5.02 Å². The largest absolute Gasteiger partial charge is 0.522 e. The number of nitrogens with zero attached hydrogens (tertiary/aromatic N) is 3. The van der Waals surface area contributed by atoms with Gasteiger partial charge in [-0.05, 0) is 44.2 Å². The molecule has 1 aromatic heterocycles. The summed E-state index contributed by atoms with van der Waals surface area (Å²) in [7, 11) is 0. The van der Waals surface area contributed by atoms with Crippen LogP contribution >= 0.6 is 11.6 Å². The molecule has 0 aliphatic heterocycles. The number of rotatable bonds is 7. The summed E-state index contributed by atoms with van der Waals surface area (Å²) in [6.07, 6.45) is -1.25. The van der Waals surface area contributed by atoms with Crippen molar-refractivity contribution in [3.8, 4) is 5.75 Å². The third-order valence-corrected chi connectivity index (χ3v) is 6.75. The highest BCUT2D eigenvalue weighted by molar-refractivity contribution is 6.30. The molecule has 32 heavy (non-hydrogen) atoms. The summed E-state index contributed by atoms with van der Waals surface area (Å²) in [5.74, 6) is -0.710. The molecular formula is C20H19ClF4N4O3. The van der Waals surface area contributed by atoms with E-state index in [1.54, 1.807) is 6.20 Å². The summed E-state index contributed by atoms with van der Waals surface area (Å²) >= 11 is 5.62. The van der Waals surface area contributed by atoms with Crippen molar-refractivity contribution in [3.05, 3.63) is 40.9 Å². The van der Waals surface area contributed by atoms with Crippen molar-refractivity contribution in [2.24, 2.45) is 0 Å². The molecule has 0 unspecified atom stereocenters. The molecule has 172 valence electrons. The predicted molar refractivity (Wildman–Crippen MR) is 103 cm³/mol. The SMILES string of the molecule is O=C(COc1ccc(Cl)c(F)c1)NC12CC(c3cnn([C@H]4C[C@@H](OC(F)(F)F)C4)n3)(C1)C2. The van der Waals surface area contributed by atoms with Gasteiger partial charge in [-0.1, -0.05) is 11.6 Å². The molecule has 0 radical (unpaired) electrons. The van der Waals surface area contributed by atoms with Gasteiger partial charge < -0.3 is 10.1 Å². The molecule has 1 heterocycles. The molecule has 0 saturated heterocycles. The number of amides is 1. The summed E-state index contributed by atoms with van der Waals surface area (Å²) in [5.41, 5.74) is 0.330. The monoisotopic (exact) mass is 474 g/mol. The Morgan fingerprint density at radius 3 is 2.66 bits per heavy atom. The minimum absolute atomic E-state index is 0.0235. The fourth-order valence-corrected chi connectivity index (χ4v) is 5.06. The molecular weight excluding hydrogens is 456 g/mol. The van der Waals surface area contributed by atoms with Gasteiger partial charge in [0.15, 0.2) is 6.61 Å². The summed E-state index contributed by atoms with van der Waals surface area (Å²) < 4.78 is 59.5. The van der Waals surface area contributed by atoms with Gasteiger partial charge in [0.25, 0.3) is 5.91 Å². The molecule has 1 aromatic carbocycles. The number of halogens is 5. The summed E-state index contributed by atoms with van der Waals surface area (Å²) in [6, 6.07) is 3.76. The first-order valence-corrected chi connectivity index (χ1v) is 10.5. The van der Waals surface area contributed by atoms with E-state index in [9.17, 15) is 22.4 Å². The van der Waals surface area contributed by atoms with Crippen LogP contribution in [-0.2, 0) is 14.9 Å². The molecule has 0 spiro atoms. The van der Waals surface area contributed by atoms with Crippen LogP contribution in [0.25, 0.3) is 0 Å². The van der Waals surface area contributed by atoms with Crippen LogP contribution in [0.4, 0.5) is 17.6 Å². The zero-order chi connectivity index (χ0) is 22.7. The van der Waals surface area contributed by atoms with E-state index in [1.807, 2.05) is 0 Å². The van der Waals surface area contributed by atoms with Crippen LogP contribution in [-0.4, -0.2) is 45.5 Å². The van der Waals surface area contributed by atoms with Crippen LogP contribution in [0.1, 0.15) is 43.8 Å². The molecule has 2 aromatic rings. The maximum Gasteiger partial charge on any atom is 0.522 e. The van der Waals surface area contributed by atoms with Gasteiger partial charge in [0.1, 0.15) is 11.6 Å². The highest BCUT2D eigenvalue weighted by Gasteiger charge is 2.70. The van der Waals surface area contributed by atoms with Crippen molar-refractivity contribution < 1.29 is 31.8 Å². The number of hydrogen-bond acceptors (Lipinski definition) is 5. The zero-order valence-electron chi connectivity index (χ0n) is 16.7. The van der Waals surface area contributed by atoms with Gasteiger partial charge in [-0.15, -0.1) is 13.2 Å². The first kappa shape index (κ1) is 21.4. The molecule has 1 N–H and O–H groups in total. The summed E-state index contributed by atoms with van der Waals surface area (Å²) in [6.45, 7) is -0.241. The molecule has 4 fully saturated rings. The second kappa shape index (κ2) is 7.31. The molecule has 4 saturated carbocycles. The Morgan fingerprint density at radius 1 is 1.28 bits per heavy atom. The van der Waals surface area contributed by atoms with E-state index < -0.39 is 18.3 Å². The van der Waals surface area contributed by atoms with Crippen molar-refractivity contribution in [2.45, 2.75) is 61.6 Å². The third kappa shape index (κ3) is 3.92. The molecule has 7 nitrogen and oxygen atoms in total. The second-order valence-electron chi connectivity index (χ2n) is 8.86. The zero-order valence-corrected chi connectivity index (χ0v) is 17.4. The summed E-state index contributed by atoms with van der Waals surface area (Å²) in [5, 5.41) is 11.6. The third-order valence-electron chi connectivity index (χ3n) is 6.44. The van der Waals surface area contributed by atoms with Gasteiger partial charge in [0, 0.05) is 17.0 Å². The first-order valence-electron chi connectivity index (χ1n) is 10.1. The number of alkyl halides is 3. The minimum Gasteiger partial charge on any atom is -0.484 e. The molecule has 2 bridgehead atoms. The number of aromatic nitrogens is 3. The molecule has 4 aliphatic rings. The molecule has 6 rings (SSSR count). The fraction of sp³-hybridized carbons (Fsp3) is 0.550. The van der Waals surface area contributed by atoms with E-state index in [0.29, 0.717) is 19.3 Å². The maximum atomic E-state index is 13.4. The molecule has 1 amide bonds. The second-order valence-corrected chi connectivity index (χ2v) is 9.27. The number of nitrogens with one attached hydrogen (secondary N) is 1. The van der Waals surface area contributed by atoms with Gasteiger partial charge in [-0.2, -0.15) is 15.0 Å². The first-order chi connectivity index (χ1) is 15.0. The van der Waals surface area contributed by atoms with Crippen LogP contribution < -0.4 is 10.1 Å². The van der Waals surface area contributed by atoms with E-state index >= 15 is 0 Å². The number of carbonyl (C=O) groups excluding carboxylic acids is 1. The van der Waals surface area contributed by atoms with Crippen molar-refractivity contribution in [1.82, 2.24) is 20.3 Å². The lowest BCUT2D eigenvalue weighted by molar-refractivity contribution is -0.353. The Kier molecular flexibility index (Phi) is 4.90. The van der Waals surface area contributed by atoms with E-state index in [4.69, 9.17) is 16.3 Å². The van der Waals surface area contributed by atoms with E-state index in [0.717, 1.165) is 11.8 Å². The predicted octanol–water partition coefficient (Wildman–Crippen LogP) is 3.68. The van der Waals surface area contributed by atoms with Gasteiger partial charge in [-0.3, -0.25) is 9.53 Å². The van der Waals surface area contributed by atoms with Gasteiger partial charge in [0.2, 0.25) is 0 Å². The maximum absolute atomic E-state index is 13.4. The number of carbonyl (C=O) groups is 1. The molecule has 0 atom stereocenters. The lowest BCUT2D eigenvalue weighted by atomic mass is 9.38. The highest BCUT2D eigenvalue weighted by Crippen LogP contribution is 2.67. The summed E-state index contributed by atoms with van der Waals surface area (Å²) in [4.78, 5) is 13.7. The Morgan fingerprint density at radius 2 is 2.00 bits per heavy atom. The minimum atomic E-state index is -4.63. The van der Waals surface area contributed by atoms with Crippen LogP contribution in [0.3, 0.4) is 0 Å². The Labute approximate surface area is 185 Å². The normalized spacial score (nSPS) is 30.7.